The molecule has 1 aromatic carbocycles. The van der Waals surface area contributed by atoms with E-state index < -0.39 is 11.6 Å². The Balaban J connectivity index is 1.92. The standard InChI is InChI=1S/C15H12F2N4/c1-10-18-4-5-21(10)9-13-6-12(8-19-20-13)11-2-3-14(16)15(17)7-11/h2-8H,9H2,1H3. The number of hydrogen-bond donors (Lipinski definition) is 0. The van der Waals surface area contributed by atoms with Crippen LogP contribution in [0.1, 0.15) is 11.5 Å². The van der Waals surface area contributed by atoms with E-state index in [1.807, 2.05) is 17.7 Å². The largest absolute Gasteiger partial charge is 0.329 e. The zero-order valence-electron chi connectivity index (χ0n) is 11.3. The van der Waals surface area contributed by atoms with Crippen LogP contribution in [0, 0.1) is 18.6 Å². The average molecular weight is 286 g/mol. The van der Waals surface area contributed by atoms with Crippen molar-refractivity contribution in [3.8, 4) is 11.1 Å². The second-order valence-electron chi connectivity index (χ2n) is 4.67. The van der Waals surface area contributed by atoms with Crippen LogP contribution in [0.4, 0.5) is 8.78 Å². The molecule has 2 heterocycles. The van der Waals surface area contributed by atoms with Gasteiger partial charge in [0.15, 0.2) is 11.6 Å². The Kier molecular flexibility index (Phi) is 3.43. The summed E-state index contributed by atoms with van der Waals surface area (Å²) in [6.07, 6.45) is 5.08. The number of rotatable bonds is 3. The molecule has 0 saturated heterocycles. The van der Waals surface area contributed by atoms with E-state index in [9.17, 15) is 8.78 Å². The quantitative estimate of drug-likeness (QED) is 0.743. The summed E-state index contributed by atoms with van der Waals surface area (Å²) in [6.45, 7) is 2.42. The lowest BCUT2D eigenvalue weighted by molar-refractivity contribution is 0.509. The third kappa shape index (κ3) is 2.79. The molecule has 0 aliphatic heterocycles. The minimum atomic E-state index is -0.878. The normalized spacial score (nSPS) is 10.8. The first-order chi connectivity index (χ1) is 10.1. The van der Waals surface area contributed by atoms with E-state index in [0.717, 1.165) is 23.7 Å². The van der Waals surface area contributed by atoms with E-state index in [4.69, 9.17) is 0 Å². The Morgan fingerprint density at radius 3 is 2.67 bits per heavy atom. The van der Waals surface area contributed by atoms with Crippen LogP contribution in [0.3, 0.4) is 0 Å². The van der Waals surface area contributed by atoms with Crippen molar-refractivity contribution in [2.24, 2.45) is 0 Å². The predicted molar refractivity (Wildman–Crippen MR) is 73.5 cm³/mol. The Bertz CT molecular complexity index is 783. The van der Waals surface area contributed by atoms with E-state index in [0.29, 0.717) is 17.7 Å². The van der Waals surface area contributed by atoms with E-state index in [1.54, 1.807) is 12.3 Å². The van der Waals surface area contributed by atoms with Gasteiger partial charge in [0.25, 0.3) is 0 Å². The molecule has 0 aliphatic rings. The van der Waals surface area contributed by atoms with Crippen LogP contribution in [0.2, 0.25) is 0 Å². The Morgan fingerprint density at radius 1 is 1.10 bits per heavy atom. The van der Waals surface area contributed by atoms with Gasteiger partial charge in [-0.15, -0.1) is 0 Å². The molecule has 106 valence electrons. The van der Waals surface area contributed by atoms with Crippen molar-refractivity contribution in [2.75, 3.05) is 0 Å². The van der Waals surface area contributed by atoms with Crippen molar-refractivity contribution in [2.45, 2.75) is 13.5 Å². The lowest BCUT2D eigenvalue weighted by Crippen LogP contribution is -2.04. The summed E-state index contributed by atoms with van der Waals surface area (Å²) >= 11 is 0. The van der Waals surface area contributed by atoms with Crippen LogP contribution in [0.5, 0.6) is 0 Å². The van der Waals surface area contributed by atoms with Crippen molar-refractivity contribution in [1.82, 2.24) is 19.7 Å². The maximum atomic E-state index is 13.3. The summed E-state index contributed by atoms with van der Waals surface area (Å²) in [6, 6.07) is 5.57. The third-order valence-corrected chi connectivity index (χ3v) is 3.21. The highest BCUT2D eigenvalue weighted by atomic mass is 19.2. The fourth-order valence-electron chi connectivity index (χ4n) is 2.07. The highest BCUT2D eigenvalue weighted by Gasteiger charge is 2.07. The number of hydrogen-bond acceptors (Lipinski definition) is 3. The molecular formula is C15H12F2N4. The molecular weight excluding hydrogens is 274 g/mol. The summed E-state index contributed by atoms with van der Waals surface area (Å²) in [4.78, 5) is 4.14. The highest BCUT2D eigenvalue weighted by Crippen LogP contribution is 2.21. The smallest absolute Gasteiger partial charge is 0.159 e. The molecule has 0 aliphatic carbocycles. The van der Waals surface area contributed by atoms with Crippen LogP contribution in [0.25, 0.3) is 11.1 Å². The maximum Gasteiger partial charge on any atom is 0.159 e. The molecule has 3 rings (SSSR count). The minimum absolute atomic E-state index is 0.524. The SMILES string of the molecule is Cc1nccn1Cc1cc(-c2ccc(F)c(F)c2)cnn1. The summed E-state index contributed by atoms with van der Waals surface area (Å²) in [5.41, 5.74) is 1.97. The zero-order chi connectivity index (χ0) is 14.8. The lowest BCUT2D eigenvalue weighted by Gasteiger charge is -2.06. The van der Waals surface area contributed by atoms with Gasteiger partial charge in [-0.2, -0.15) is 10.2 Å². The monoisotopic (exact) mass is 286 g/mol. The van der Waals surface area contributed by atoms with E-state index in [1.165, 1.54) is 12.3 Å². The van der Waals surface area contributed by atoms with Gasteiger partial charge < -0.3 is 4.57 Å². The van der Waals surface area contributed by atoms with Crippen LogP contribution >= 0.6 is 0 Å². The van der Waals surface area contributed by atoms with Gasteiger partial charge in [0.05, 0.1) is 18.4 Å². The second-order valence-corrected chi connectivity index (χ2v) is 4.67. The molecule has 0 amide bonds. The Hall–Kier alpha value is -2.63. The molecule has 0 fully saturated rings. The zero-order valence-corrected chi connectivity index (χ0v) is 11.3. The van der Waals surface area contributed by atoms with Gasteiger partial charge in [0.1, 0.15) is 5.82 Å². The van der Waals surface area contributed by atoms with E-state index >= 15 is 0 Å². The van der Waals surface area contributed by atoms with Crippen LogP contribution in [0.15, 0.2) is 42.9 Å². The molecule has 2 aromatic heterocycles. The molecule has 3 aromatic rings. The first-order valence-electron chi connectivity index (χ1n) is 6.38. The summed E-state index contributed by atoms with van der Waals surface area (Å²) in [5.74, 6) is -0.874. The number of imidazole rings is 1. The summed E-state index contributed by atoms with van der Waals surface area (Å²) in [5, 5.41) is 7.98. The number of aromatic nitrogens is 4. The fourth-order valence-corrected chi connectivity index (χ4v) is 2.07. The van der Waals surface area contributed by atoms with Gasteiger partial charge in [-0.3, -0.25) is 0 Å². The van der Waals surface area contributed by atoms with Gasteiger partial charge in [-0.1, -0.05) is 6.07 Å². The van der Waals surface area contributed by atoms with E-state index in [-0.39, 0.29) is 0 Å². The minimum Gasteiger partial charge on any atom is -0.329 e. The highest BCUT2D eigenvalue weighted by molar-refractivity contribution is 5.62. The Morgan fingerprint density at radius 2 is 1.95 bits per heavy atom. The van der Waals surface area contributed by atoms with Gasteiger partial charge >= 0.3 is 0 Å². The first kappa shape index (κ1) is 13.4. The number of halogens is 2. The predicted octanol–water partition coefficient (Wildman–Crippen LogP) is 2.98. The van der Waals surface area contributed by atoms with Crippen molar-refractivity contribution >= 4 is 0 Å². The van der Waals surface area contributed by atoms with Crippen LogP contribution < -0.4 is 0 Å². The van der Waals surface area contributed by atoms with Gasteiger partial charge in [-0.25, -0.2) is 13.8 Å². The van der Waals surface area contributed by atoms with E-state index in [2.05, 4.69) is 15.2 Å². The molecule has 0 unspecified atom stereocenters. The second kappa shape index (κ2) is 5.40. The molecule has 0 bridgehead atoms. The molecule has 0 spiro atoms. The van der Waals surface area contributed by atoms with Crippen molar-refractivity contribution in [1.29, 1.82) is 0 Å². The van der Waals surface area contributed by atoms with Gasteiger partial charge in [0, 0.05) is 18.0 Å². The topological polar surface area (TPSA) is 43.6 Å². The lowest BCUT2D eigenvalue weighted by atomic mass is 10.1. The van der Waals surface area contributed by atoms with Crippen molar-refractivity contribution in [3.63, 3.8) is 0 Å². The number of nitrogens with zero attached hydrogens (tertiary/aromatic N) is 4. The molecule has 4 nitrogen and oxygen atoms in total. The molecule has 0 N–H and O–H groups in total. The molecule has 0 atom stereocenters. The van der Waals surface area contributed by atoms with Gasteiger partial charge in [0.2, 0.25) is 0 Å². The summed E-state index contributed by atoms with van der Waals surface area (Å²) < 4.78 is 28.2. The molecule has 0 saturated carbocycles. The number of aryl methyl sites for hydroxylation is 1. The third-order valence-electron chi connectivity index (χ3n) is 3.21. The molecule has 6 heteroatoms. The van der Waals surface area contributed by atoms with Crippen molar-refractivity contribution < 1.29 is 8.78 Å². The maximum absolute atomic E-state index is 13.3. The Labute approximate surface area is 120 Å². The van der Waals surface area contributed by atoms with Gasteiger partial charge in [-0.05, 0) is 30.7 Å². The van der Waals surface area contributed by atoms with Crippen LogP contribution in [-0.2, 0) is 6.54 Å². The fraction of sp³-hybridized carbons (Fsp3) is 0.133. The molecule has 0 radical (unpaired) electrons. The van der Waals surface area contributed by atoms with Crippen LogP contribution in [-0.4, -0.2) is 19.7 Å². The number of benzene rings is 1. The van der Waals surface area contributed by atoms with Crippen molar-refractivity contribution in [3.05, 3.63) is 66.0 Å². The molecule has 21 heavy (non-hydrogen) atoms. The summed E-state index contributed by atoms with van der Waals surface area (Å²) in [7, 11) is 0. The first-order valence-corrected chi connectivity index (χ1v) is 6.38. The average Bonchev–Trinajstić information content (AvgIpc) is 2.88.